The quantitative estimate of drug-likeness (QED) is 0.467. The number of carbonyl (C=O) groups excluding carboxylic acids is 2. The number of piperazine rings is 1. The van der Waals surface area contributed by atoms with Crippen LogP contribution < -0.4 is 15.1 Å². The molecule has 2 aromatic heterocycles. The van der Waals surface area contributed by atoms with E-state index >= 15 is 0 Å². The maximum atomic E-state index is 13.5. The van der Waals surface area contributed by atoms with E-state index in [-0.39, 0.29) is 23.5 Å². The zero-order valence-electron chi connectivity index (χ0n) is 21.7. The van der Waals surface area contributed by atoms with Crippen LogP contribution in [0.3, 0.4) is 0 Å². The Morgan fingerprint density at radius 2 is 1.72 bits per heavy atom. The Kier molecular flexibility index (Phi) is 8.29. The van der Waals surface area contributed by atoms with Gasteiger partial charge in [0, 0.05) is 58.4 Å². The van der Waals surface area contributed by atoms with Gasteiger partial charge in [-0.05, 0) is 60.7 Å². The molecular formula is C29H32F2N6O2. The first kappa shape index (κ1) is 26.5. The molecule has 10 heteroatoms. The van der Waals surface area contributed by atoms with E-state index in [2.05, 4.69) is 25.1 Å². The summed E-state index contributed by atoms with van der Waals surface area (Å²) < 4.78 is 26.3. The Morgan fingerprint density at radius 1 is 0.923 bits per heavy atom. The van der Waals surface area contributed by atoms with E-state index in [1.807, 2.05) is 11.0 Å². The number of aromatic nitrogens is 2. The number of carbonyl (C=O) groups is 2. The standard InChI is InChI=1S/C29H32F2N6O2/c30-23-7-5-21(6-8-23)18-34-27(38)17-22-3-2-12-37(20-22)28-25(4-1-11-32-28)29(39)36-15-13-35(14-16-36)24-9-10-26(31)33-19-24/h1,4-11,19,22H,2-3,12-18,20H2,(H,34,38). The number of nitrogens with one attached hydrogen (secondary N) is 1. The Hall–Kier alpha value is -4.08. The molecule has 2 saturated heterocycles. The second-order valence-corrected chi connectivity index (χ2v) is 10.1. The lowest BCUT2D eigenvalue weighted by Crippen LogP contribution is -2.49. The Bertz CT molecular complexity index is 1280. The van der Waals surface area contributed by atoms with Crippen molar-refractivity contribution in [3.05, 3.63) is 83.8 Å². The minimum absolute atomic E-state index is 0.0438. The molecule has 4 heterocycles. The van der Waals surface area contributed by atoms with Crippen molar-refractivity contribution in [2.24, 2.45) is 5.92 Å². The third-order valence-electron chi connectivity index (χ3n) is 7.36. The van der Waals surface area contributed by atoms with Crippen LogP contribution >= 0.6 is 0 Å². The van der Waals surface area contributed by atoms with E-state index < -0.39 is 5.95 Å². The number of rotatable bonds is 7. The summed E-state index contributed by atoms with van der Waals surface area (Å²) in [5.74, 6) is -0.118. The SMILES string of the molecule is O=C(CC1CCCN(c2ncccc2C(=O)N2CCN(c3ccc(F)nc3)CC2)C1)NCc1ccc(F)cc1. The average molecular weight is 535 g/mol. The molecule has 1 unspecified atom stereocenters. The smallest absolute Gasteiger partial charge is 0.257 e. The summed E-state index contributed by atoms with van der Waals surface area (Å²) in [7, 11) is 0. The van der Waals surface area contributed by atoms with Crippen molar-refractivity contribution >= 4 is 23.3 Å². The molecular weight excluding hydrogens is 502 g/mol. The second kappa shape index (κ2) is 12.2. The third-order valence-corrected chi connectivity index (χ3v) is 7.36. The van der Waals surface area contributed by atoms with Gasteiger partial charge in [-0.15, -0.1) is 0 Å². The second-order valence-electron chi connectivity index (χ2n) is 10.1. The van der Waals surface area contributed by atoms with E-state index in [9.17, 15) is 18.4 Å². The van der Waals surface area contributed by atoms with Gasteiger partial charge in [0.05, 0.1) is 17.4 Å². The predicted octanol–water partition coefficient (Wildman–Crippen LogP) is 3.64. The Labute approximate surface area is 226 Å². The van der Waals surface area contributed by atoms with Crippen molar-refractivity contribution in [3.63, 3.8) is 0 Å². The lowest BCUT2D eigenvalue weighted by Gasteiger charge is -2.37. The molecule has 204 valence electrons. The summed E-state index contributed by atoms with van der Waals surface area (Å²) in [5.41, 5.74) is 2.25. The first-order valence-corrected chi connectivity index (χ1v) is 13.3. The number of hydrogen-bond donors (Lipinski definition) is 1. The number of anilines is 2. The van der Waals surface area contributed by atoms with Crippen LogP contribution in [0.15, 0.2) is 60.9 Å². The highest BCUT2D eigenvalue weighted by molar-refractivity contribution is 5.99. The number of nitrogens with zero attached hydrogens (tertiary/aromatic N) is 5. The first-order valence-electron chi connectivity index (χ1n) is 13.3. The highest BCUT2D eigenvalue weighted by Crippen LogP contribution is 2.27. The van der Waals surface area contributed by atoms with Crippen LogP contribution in [0.2, 0.25) is 0 Å². The van der Waals surface area contributed by atoms with Gasteiger partial charge >= 0.3 is 0 Å². The molecule has 2 fully saturated rings. The largest absolute Gasteiger partial charge is 0.367 e. The summed E-state index contributed by atoms with van der Waals surface area (Å²) in [4.78, 5) is 40.5. The summed E-state index contributed by atoms with van der Waals surface area (Å²) >= 11 is 0. The molecule has 0 bridgehead atoms. The van der Waals surface area contributed by atoms with Crippen molar-refractivity contribution in [3.8, 4) is 0 Å². The molecule has 3 aromatic rings. The fourth-order valence-corrected chi connectivity index (χ4v) is 5.27. The Morgan fingerprint density at radius 3 is 2.46 bits per heavy atom. The zero-order chi connectivity index (χ0) is 27.2. The van der Waals surface area contributed by atoms with Crippen molar-refractivity contribution in [1.29, 1.82) is 0 Å². The minimum Gasteiger partial charge on any atom is -0.367 e. The normalized spacial score (nSPS) is 17.7. The first-order chi connectivity index (χ1) is 19.0. The average Bonchev–Trinajstić information content (AvgIpc) is 2.97. The molecule has 0 saturated carbocycles. The molecule has 2 aliphatic heterocycles. The fraction of sp³-hybridized carbons (Fsp3) is 0.379. The number of amides is 2. The molecule has 0 radical (unpaired) electrons. The highest BCUT2D eigenvalue weighted by Gasteiger charge is 2.29. The van der Waals surface area contributed by atoms with Crippen LogP contribution in [0.25, 0.3) is 0 Å². The van der Waals surface area contributed by atoms with Crippen molar-refractivity contribution in [1.82, 2.24) is 20.2 Å². The number of benzene rings is 1. The Balaban J connectivity index is 1.17. The summed E-state index contributed by atoms with van der Waals surface area (Å²) in [5, 5.41) is 2.93. The molecule has 5 rings (SSSR count). The van der Waals surface area contributed by atoms with E-state index in [4.69, 9.17) is 0 Å². The van der Waals surface area contributed by atoms with E-state index in [1.165, 1.54) is 24.4 Å². The molecule has 0 aliphatic carbocycles. The van der Waals surface area contributed by atoms with Gasteiger partial charge in [-0.2, -0.15) is 4.39 Å². The summed E-state index contributed by atoms with van der Waals surface area (Å²) in [6.45, 7) is 4.13. The van der Waals surface area contributed by atoms with Gasteiger partial charge in [0.2, 0.25) is 11.9 Å². The van der Waals surface area contributed by atoms with Gasteiger partial charge in [-0.1, -0.05) is 12.1 Å². The molecule has 1 aromatic carbocycles. The number of pyridine rings is 2. The van der Waals surface area contributed by atoms with E-state index in [0.717, 1.165) is 30.6 Å². The van der Waals surface area contributed by atoms with Gasteiger partial charge in [0.25, 0.3) is 5.91 Å². The number of piperidine rings is 1. The molecule has 2 aliphatic rings. The minimum atomic E-state index is -0.512. The highest BCUT2D eigenvalue weighted by atomic mass is 19.1. The topological polar surface area (TPSA) is 81.7 Å². The van der Waals surface area contributed by atoms with Crippen molar-refractivity contribution in [2.45, 2.75) is 25.8 Å². The lowest BCUT2D eigenvalue weighted by atomic mass is 9.94. The van der Waals surface area contributed by atoms with Crippen LogP contribution in [0.4, 0.5) is 20.3 Å². The van der Waals surface area contributed by atoms with Gasteiger partial charge in [-0.25, -0.2) is 14.4 Å². The molecule has 1 atom stereocenters. The van der Waals surface area contributed by atoms with Gasteiger partial charge in [0.15, 0.2) is 0 Å². The van der Waals surface area contributed by atoms with Crippen molar-refractivity contribution in [2.75, 3.05) is 49.1 Å². The third kappa shape index (κ3) is 6.68. The molecule has 0 spiro atoms. The van der Waals surface area contributed by atoms with Gasteiger partial charge in [0.1, 0.15) is 11.6 Å². The van der Waals surface area contributed by atoms with Crippen LogP contribution in [0.1, 0.15) is 35.2 Å². The van der Waals surface area contributed by atoms with Crippen LogP contribution in [0, 0.1) is 17.7 Å². The van der Waals surface area contributed by atoms with Gasteiger partial charge < -0.3 is 20.0 Å². The van der Waals surface area contributed by atoms with Crippen molar-refractivity contribution < 1.29 is 18.4 Å². The summed E-state index contributed by atoms with van der Waals surface area (Å²) in [6, 6.07) is 12.7. The monoisotopic (exact) mass is 534 g/mol. The molecule has 39 heavy (non-hydrogen) atoms. The van der Waals surface area contributed by atoms with Crippen LogP contribution in [0.5, 0.6) is 0 Å². The maximum Gasteiger partial charge on any atom is 0.257 e. The van der Waals surface area contributed by atoms with E-state index in [0.29, 0.717) is 57.1 Å². The van der Waals surface area contributed by atoms with Gasteiger partial charge in [-0.3, -0.25) is 9.59 Å². The van der Waals surface area contributed by atoms with Crippen LogP contribution in [-0.2, 0) is 11.3 Å². The maximum absolute atomic E-state index is 13.5. The zero-order valence-corrected chi connectivity index (χ0v) is 21.7. The fourth-order valence-electron chi connectivity index (χ4n) is 5.27. The lowest BCUT2D eigenvalue weighted by molar-refractivity contribution is -0.122. The molecule has 2 amide bonds. The van der Waals surface area contributed by atoms with Crippen LogP contribution in [-0.4, -0.2) is 66.0 Å². The van der Waals surface area contributed by atoms with E-state index in [1.54, 1.807) is 30.5 Å². The molecule has 1 N–H and O–H groups in total. The number of halogens is 2. The number of hydrogen-bond acceptors (Lipinski definition) is 6. The predicted molar refractivity (Wildman–Crippen MR) is 144 cm³/mol. The molecule has 8 nitrogen and oxygen atoms in total. The summed E-state index contributed by atoms with van der Waals surface area (Å²) in [6.07, 6.45) is 5.43.